The van der Waals surface area contributed by atoms with Crippen LogP contribution in [0.1, 0.15) is 35.8 Å². The largest absolute Gasteiger partial charge is 0.345 e. The molecule has 0 saturated carbocycles. The Hall–Kier alpha value is -2.16. The molecule has 0 radical (unpaired) electrons. The minimum absolute atomic E-state index is 0.0908. The summed E-state index contributed by atoms with van der Waals surface area (Å²) in [5.74, 6) is -0.416. The van der Waals surface area contributed by atoms with Crippen molar-refractivity contribution in [2.24, 2.45) is 5.92 Å². The van der Waals surface area contributed by atoms with Gasteiger partial charge in [0.05, 0.1) is 6.04 Å². The number of amides is 1. The van der Waals surface area contributed by atoms with Gasteiger partial charge in [0.25, 0.3) is 5.91 Å². The van der Waals surface area contributed by atoms with Crippen molar-refractivity contribution in [3.05, 3.63) is 71.5 Å². The molecule has 1 atom stereocenters. The summed E-state index contributed by atoms with van der Waals surface area (Å²) >= 11 is 0. The highest BCUT2D eigenvalue weighted by Crippen LogP contribution is 2.21. The summed E-state index contributed by atoms with van der Waals surface area (Å²) in [5, 5.41) is 2.97. The van der Waals surface area contributed by atoms with Crippen LogP contribution < -0.4 is 5.32 Å². The zero-order valence-electron chi connectivity index (χ0n) is 11.6. The lowest BCUT2D eigenvalue weighted by atomic mass is 9.95. The average molecular weight is 271 g/mol. The van der Waals surface area contributed by atoms with Crippen molar-refractivity contribution in [3.63, 3.8) is 0 Å². The molecular formula is C17H18FNO. The van der Waals surface area contributed by atoms with Crippen LogP contribution in [-0.2, 0) is 0 Å². The van der Waals surface area contributed by atoms with E-state index in [4.69, 9.17) is 0 Å². The van der Waals surface area contributed by atoms with Gasteiger partial charge in [-0.05, 0) is 29.7 Å². The van der Waals surface area contributed by atoms with Crippen LogP contribution in [-0.4, -0.2) is 5.91 Å². The highest BCUT2D eigenvalue weighted by molar-refractivity contribution is 5.94. The molecule has 0 bridgehead atoms. The minimum Gasteiger partial charge on any atom is -0.345 e. The van der Waals surface area contributed by atoms with Gasteiger partial charge in [0.2, 0.25) is 0 Å². The minimum atomic E-state index is -0.404. The summed E-state index contributed by atoms with van der Waals surface area (Å²) < 4.78 is 13.2. The Kier molecular flexibility index (Phi) is 4.51. The summed E-state index contributed by atoms with van der Waals surface area (Å²) in [6.07, 6.45) is 0. The third kappa shape index (κ3) is 3.44. The van der Waals surface area contributed by atoms with E-state index in [1.807, 2.05) is 44.2 Å². The first-order chi connectivity index (χ1) is 9.58. The fraction of sp³-hybridized carbons (Fsp3) is 0.235. The van der Waals surface area contributed by atoms with Gasteiger partial charge in [0.1, 0.15) is 5.82 Å². The molecule has 0 aliphatic rings. The summed E-state index contributed by atoms with van der Waals surface area (Å²) in [6.45, 7) is 4.09. The molecule has 0 aromatic heterocycles. The van der Waals surface area contributed by atoms with Gasteiger partial charge in [-0.15, -0.1) is 0 Å². The molecule has 2 rings (SSSR count). The maximum atomic E-state index is 13.2. The number of benzene rings is 2. The third-order valence-electron chi connectivity index (χ3n) is 3.20. The summed E-state index contributed by atoms with van der Waals surface area (Å²) in [5.41, 5.74) is 1.39. The summed E-state index contributed by atoms with van der Waals surface area (Å²) in [7, 11) is 0. The van der Waals surface area contributed by atoms with Crippen LogP contribution in [0.4, 0.5) is 4.39 Å². The molecule has 0 aliphatic heterocycles. The van der Waals surface area contributed by atoms with Gasteiger partial charge in [-0.2, -0.15) is 0 Å². The lowest BCUT2D eigenvalue weighted by molar-refractivity contribution is 0.0925. The molecule has 2 aromatic rings. The first-order valence-electron chi connectivity index (χ1n) is 6.69. The van der Waals surface area contributed by atoms with Crippen molar-refractivity contribution < 1.29 is 9.18 Å². The second kappa shape index (κ2) is 6.33. The van der Waals surface area contributed by atoms with E-state index >= 15 is 0 Å². The van der Waals surface area contributed by atoms with Gasteiger partial charge < -0.3 is 5.32 Å². The molecule has 1 N–H and O–H groups in total. The van der Waals surface area contributed by atoms with Gasteiger partial charge in [0.15, 0.2) is 0 Å². The Bertz CT molecular complexity index is 581. The van der Waals surface area contributed by atoms with Crippen LogP contribution in [0, 0.1) is 11.7 Å². The van der Waals surface area contributed by atoms with Crippen LogP contribution in [0.5, 0.6) is 0 Å². The standard InChI is InChI=1S/C17H18FNO/c1-12(2)16(13-7-4-3-5-8-13)19-17(20)14-9-6-10-15(18)11-14/h3-12,16H,1-2H3,(H,19,20)/t16-/m0/s1. The molecule has 2 nitrogen and oxygen atoms in total. The van der Waals surface area contributed by atoms with Crippen LogP contribution in [0.3, 0.4) is 0 Å². The summed E-state index contributed by atoms with van der Waals surface area (Å²) in [6, 6.07) is 15.4. The lowest BCUT2D eigenvalue weighted by Crippen LogP contribution is -2.31. The number of hydrogen-bond acceptors (Lipinski definition) is 1. The Morgan fingerprint density at radius 3 is 2.35 bits per heavy atom. The molecular weight excluding hydrogens is 253 g/mol. The molecule has 0 unspecified atom stereocenters. The van der Waals surface area contributed by atoms with E-state index in [2.05, 4.69) is 5.32 Å². The number of halogens is 1. The molecule has 2 aromatic carbocycles. The van der Waals surface area contributed by atoms with E-state index in [-0.39, 0.29) is 17.9 Å². The predicted molar refractivity (Wildman–Crippen MR) is 77.9 cm³/mol. The SMILES string of the molecule is CC(C)[C@H](NC(=O)c1cccc(F)c1)c1ccccc1. The van der Waals surface area contributed by atoms with E-state index in [1.165, 1.54) is 18.2 Å². The van der Waals surface area contributed by atoms with Gasteiger partial charge in [-0.25, -0.2) is 4.39 Å². The lowest BCUT2D eigenvalue weighted by Gasteiger charge is -2.23. The zero-order chi connectivity index (χ0) is 14.5. The highest BCUT2D eigenvalue weighted by atomic mass is 19.1. The molecule has 20 heavy (non-hydrogen) atoms. The Morgan fingerprint density at radius 1 is 1.05 bits per heavy atom. The van der Waals surface area contributed by atoms with Crippen molar-refractivity contribution in [1.29, 1.82) is 0 Å². The highest BCUT2D eigenvalue weighted by Gasteiger charge is 2.19. The molecule has 0 saturated heterocycles. The smallest absolute Gasteiger partial charge is 0.251 e. The number of carbonyl (C=O) groups excluding carboxylic acids is 1. The zero-order valence-corrected chi connectivity index (χ0v) is 11.6. The van der Waals surface area contributed by atoms with Crippen molar-refractivity contribution in [3.8, 4) is 0 Å². The van der Waals surface area contributed by atoms with Gasteiger partial charge in [-0.1, -0.05) is 50.2 Å². The molecule has 0 aliphatic carbocycles. The van der Waals surface area contributed by atoms with E-state index in [1.54, 1.807) is 6.07 Å². The van der Waals surface area contributed by atoms with E-state index in [0.717, 1.165) is 5.56 Å². The molecule has 0 fully saturated rings. The number of rotatable bonds is 4. The van der Waals surface area contributed by atoms with Gasteiger partial charge in [-0.3, -0.25) is 4.79 Å². The second-order valence-electron chi connectivity index (χ2n) is 5.12. The van der Waals surface area contributed by atoms with E-state index in [0.29, 0.717) is 5.56 Å². The predicted octanol–water partition coefficient (Wildman–Crippen LogP) is 3.95. The monoisotopic (exact) mass is 271 g/mol. The first-order valence-corrected chi connectivity index (χ1v) is 6.69. The molecule has 3 heteroatoms. The second-order valence-corrected chi connectivity index (χ2v) is 5.12. The van der Waals surface area contributed by atoms with Crippen LogP contribution in [0.25, 0.3) is 0 Å². The Labute approximate surface area is 118 Å². The van der Waals surface area contributed by atoms with E-state index in [9.17, 15) is 9.18 Å². The van der Waals surface area contributed by atoms with Crippen molar-refractivity contribution in [2.75, 3.05) is 0 Å². The fourth-order valence-corrected chi connectivity index (χ4v) is 2.15. The Balaban J connectivity index is 2.19. The van der Waals surface area contributed by atoms with Crippen LogP contribution in [0.2, 0.25) is 0 Å². The molecule has 104 valence electrons. The topological polar surface area (TPSA) is 29.1 Å². The number of carbonyl (C=O) groups is 1. The summed E-state index contributed by atoms with van der Waals surface area (Å²) in [4.78, 5) is 12.2. The number of nitrogens with one attached hydrogen (secondary N) is 1. The van der Waals surface area contributed by atoms with E-state index < -0.39 is 5.82 Å². The Morgan fingerprint density at radius 2 is 1.75 bits per heavy atom. The van der Waals surface area contributed by atoms with Crippen LogP contribution in [0.15, 0.2) is 54.6 Å². The molecule has 0 spiro atoms. The van der Waals surface area contributed by atoms with Crippen molar-refractivity contribution >= 4 is 5.91 Å². The maximum Gasteiger partial charge on any atom is 0.251 e. The normalized spacial score (nSPS) is 12.2. The quantitative estimate of drug-likeness (QED) is 0.896. The third-order valence-corrected chi connectivity index (χ3v) is 3.20. The van der Waals surface area contributed by atoms with Crippen molar-refractivity contribution in [2.45, 2.75) is 19.9 Å². The van der Waals surface area contributed by atoms with Gasteiger partial charge in [0, 0.05) is 5.56 Å². The molecule has 1 amide bonds. The number of hydrogen-bond donors (Lipinski definition) is 1. The first kappa shape index (κ1) is 14.3. The maximum absolute atomic E-state index is 13.2. The average Bonchev–Trinajstić information content (AvgIpc) is 2.45. The van der Waals surface area contributed by atoms with Crippen LogP contribution >= 0.6 is 0 Å². The van der Waals surface area contributed by atoms with Crippen molar-refractivity contribution in [1.82, 2.24) is 5.32 Å². The fourth-order valence-electron chi connectivity index (χ4n) is 2.15. The molecule has 0 heterocycles. The van der Waals surface area contributed by atoms with Gasteiger partial charge >= 0.3 is 0 Å².